The summed E-state index contributed by atoms with van der Waals surface area (Å²) in [5.74, 6) is -0.726. The molecule has 0 fully saturated rings. The molecule has 1 heterocycles. The number of hydrogen-bond acceptors (Lipinski definition) is 5. The van der Waals surface area contributed by atoms with Gasteiger partial charge in [-0.2, -0.15) is 13.2 Å². The highest BCUT2D eigenvalue weighted by Gasteiger charge is 2.27. The molecule has 0 aromatic carbocycles. The highest BCUT2D eigenvalue weighted by atomic mass is 19.4. The molecule has 8 heteroatoms. The van der Waals surface area contributed by atoms with Gasteiger partial charge in [-0.05, 0) is 12.1 Å². The second-order valence-electron chi connectivity index (χ2n) is 3.67. The molecule has 0 aliphatic heterocycles. The van der Waals surface area contributed by atoms with Crippen LogP contribution in [0.2, 0.25) is 0 Å². The largest absolute Gasteiger partial charge is 0.463 e. The van der Waals surface area contributed by atoms with Crippen LogP contribution < -0.4 is 0 Å². The first-order valence-electron chi connectivity index (χ1n) is 5.34. The molecule has 0 aliphatic carbocycles. The van der Waals surface area contributed by atoms with E-state index in [1.165, 1.54) is 19.2 Å². The fourth-order valence-electron chi connectivity index (χ4n) is 1.27. The topological polar surface area (TPSA) is 68.9 Å². The molecule has 0 saturated heterocycles. The molecule has 0 bridgehead atoms. The Bertz CT molecular complexity index is 413. The summed E-state index contributed by atoms with van der Waals surface area (Å²) in [6.07, 6.45) is -5.62. The van der Waals surface area contributed by atoms with Gasteiger partial charge < -0.3 is 19.0 Å². The molecule has 0 aliphatic rings. The summed E-state index contributed by atoms with van der Waals surface area (Å²) < 4.78 is 49.1. The quantitative estimate of drug-likeness (QED) is 0.639. The van der Waals surface area contributed by atoms with Crippen molar-refractivity contribution in [2.75, 3.05) is 20.3 Å². The van der Waals surface area contributed by atoms with Crippen LogP contribution in [0.25, 0.3) is 0 Å². The molecular formula is C11H13F3O5. The Labute approximate surface area is 106 Å². The minimum absolute atomic E-state index is 0.0657. The maximum absolute atomic E-state index is 11.8. The Morgan fingerprint density at radius 1 is 1.47 bits per heavy atom. The van der Waals surface area contributed by atoms with Gasteiger partial charge in [-0.15, -0.1) is 0 Å². The van der Waals surface area contributed by atoms with Crippen LogP contribution in [0, 0.1) is 0 Å². The van der Waals surface area contributed by atoms with Crippen LogP contribution in [-0.2, 0) is 9.47 Å². The van der Waals surface area contributed by atoms with Crippen LogP contribution in [0.4, 0.5) is 13.2 Å². The van der Waals surface area contributed by atoms with E-state index >= 15 is 0 Å². The van der Waals surface area contributed by atoms with Gasteiger partial charge in [0.25, 0.3) is 0 Å². The standard InChI is InChI=1S/C11H13F3O5/c1-17-10(16)9-3-2-8(19-9)7(15)4-5-18-6-11(12,13)14/h2-3,7,15H,4-6H2,1H3. The maximum atomic E-state index is 11.8. The van der Waals surface area contributed by atoms with Gasteiger partial charge in [0.2, 0.25) is 5.76 Å². The van der Waals surface area contributed by atoms with E-state index in [1.807, 2.05) is 0 Å². The molecule has 0 amide bonds. The van der Waals surface area contributed by atoms with Crippen molar-refractivity contribution in [1.82, 2.24) is 0 Å². The van der Waals surface area contributed by atoms with Crippen LogP contribution in [0.1, 0.15) is 28.8 Å². The first-order valence-corrected chi connectivity index (χ1v) is 5.34. The Morgan fingerprint density at radius 2 is 2.16 bits per heavy atom. The number of halogens is 3. The van der Waals surface area contributed by atoms with Crippen molar-refractivity contribution in [3.05, 3.63) is 23.7 Å². The van der Waals surface area contributed by atoms with Crippen molar-refractivity contribution >= 4 is 5.97 Å². The number of esters is 1. The SMILES string of the molecule is COC(=O)c1ccc(C(O)CCOCC(F)(F)F)o1. The van der Waals surface area contributed by atoms with E-state index < -0.39 is 24.9 Å². The minimum Gasteiger partial charge on any atom is -0.463 e. The van der Waals surface area contributed by atoms with Crippen molar-refractivity contribution < 1.29 is 37.0 Å². The summed E-state index contributed by atoms with van der Waals surface area (Å²) in [6, 6.07) is 2.65. The zero-order valence-corrected chi connectivity index (χ0v) is 10.1. The van der Waals surface area contributed by atoms with Gasteiger partial charge in [0, 0.05) is 13.0 Å². The minimum atomic E-state index is -4.40. The van der Waals surface area contributed by atoms with E-state index in [0.29, 0.717) is 0 Å². The Morgan fingerprint density at radius 3 is 2.74 bits per heavy atom. The number of furan rings is 1. The number of aliphatic hydroxyl groups excluding tert-OH is 1. The van der Waals surface area contributed by atoms with Crippen molar-refractivity contribution in [3.63, 3.8) is 0 Å². The molecule has 1 atom stereocenters. The monoisotopic (exact) mass is 282 g/mol. The number of hydrogen-bond donors (Lipinski definition) is 1. The summed E-state index contributed by atoms with van der Waals surface area (Å²) in [4.78, 5) is 11.1. The Balaban J connectivity index is 2.39. The van der Waals surface area contributed by atoms with E-state index in [1.54, 1.807) is 0 Å². The molecular weight excluding hydrogens is 269 g/mol. The van der Waals surface area contributed by atoms with Crippen LogP contribution in [0.15, 0.2) is 16.5 Å². The number of carbonyl (C=O) groups excluding carboxylic acids is 1. The normalized spacial score (nSPS) is 13.3. The molecule has 108 valence electrons. The van der Waals surface area contributed by atoms with E-state index in [4.69, 9.17) is 4.42 Å². The van der Waals surface area contributed by atoms with Crippen molar-refractivity contribution in [2.24, 2.45) is 0 Å². The second kappa shape index (κ2) is 6.58. The summed E-state index contributed by atoms with van der Waals surface area (Å²) in [7, 11) is 1.17. The molecule has 5 nitrogen and oxygen atoms in total. The van der Waals surface area contributed by atoms with Gasteiger partial charge in [0.15, 0.2) is 0 Å². The lowest BCUT2D eigenvalue weighted by molar-refractivity contribution is -0.175. The van der Waals surface area contributed by atoms with Crippen LogP contribution >= 0.6 is 0 Å². The number of ether oxygens (including phenoxy) is 2. The predicted molar refractivity (Wildman–Crippen MR) is 56.5 cm³/mol. The van der Waals surface area contributed by atoms with Gasteiger partial charge in [-0.3, -0.25) is 0 Å². The third-order valence-electron chi connectivity index (χ3n) is 2.14. The van der Waals surface area contributed by atoms with Crippen molar-refractivity contribution in [3.8, 4) is 0 Å². The lowest BCUT2D eigenvalue weighted by Gasteiger charge is -2.10. The first kappa shape index (κ1) is 15.5. The summed E-state index contributed by atoms with van der Waals surface area (Å²) in [5, 5.41) is 9.61. The Hall–Kier alpha value is -1.54. The fraction of sp³-hybridized carbons (Fsp3) is 0.545. The van der Waals surface area contributed by atoms with Gasteiger partial charge >= 0.3 is 12.1 Å². The van der Waals surface area contributed by atoms with Crippen LogP contribution in [0.3, 0.4) is 0 Å². The van der Waals surface area contributed by atoms with Crippen molar-refractivity contribution in [2.45, 2.75) is 18.7 Å². The van der Waals surface area contributed by atoms with E-state index in [-0.39, 0.29) is 24.5 Å². The summed E-state index contributed by atoms with van der Waals surface area (Å²) in [5.41, 5.74) is 0. The zero-order valence-electron chi connectivity index (χ0n) is 10.1. The lowest BCUT2D eigenvalue weighted by atomic mass is 10.2. The van der Waals surface area contributed by atoms with Gasteiger partial charge in [-0.1, -0.05) is 0 Å². The molecule has 1 unspecified atom stereocenters. The average molecular weight is 282 g/mol. The molecule has 1 N–H and O–H groups in total. The van der Waals surface area contributed by atoms with Crippen LogP contribution in [0.5, 0.6) is 0 Å². The molecule has 1 aromatic heterocycles. The summed E-state index contributed by atoms with van der Waals surface area (Å²) >= 11 is 0. The molecule has 1 aromatic rings. The van der Waals surface area contributed by atoms with Crippen molar-refractivity contribution in [1.29, 1.82) is 0 Å². The molecule has 0 radical (unpaired) electrons. The molecule has 19 heavy (non-hydrogen) atoms. The lowest BCUT2D eigenvalue weighted by Crippen LogP contribution is -2.18. The number of methoxy groups -OCH3 is 1. The van der Waals surface area contributed by atoms with E-state index in [2.05, 4.69) is 9.47 Å². The van der Waals surface area contributed by atoms with Gasteiger partial charge in [0.05, 0.1) is 7.11 Å². The third kappa shape index (κ3) is 5.31. The third-order valence-corrected chi connectivity index (χ3v) is 2.14. The van der Waals surface area contributed by atoms with Crippen LogP contribution in [-0.4, -0.2) is 37.6 Å². The Kier molecular flexibility index (Phi) is 5.37. The molecule has 0 spiro atoms. The fourth-order valence-corrected chi connectivity index (χ4v) is 1.27. The number of carbonyl (C=O) groups is 1. The smallest absolute Gasteiger partial charge is 0.411 e. The average Bonchev–Trinajstić information content (AvgIpc) is 2.81. The highest BCUT2D eigenvalue weighted by Crippen LogP contribution is 2.21. The maximum Gasteiger partial charge on any atom is 0.411 e. The van der Waals surface area contributed by atoms with E-state index in [0.717, 1.165) is 0 Å². The highest BCUT2D eigenvalue weighted by molar-refractivity contribution is 5.86. The van der Waals surface area contributed by atoms with Gasteiger partial charge in [0.1, 0.15) is 18.5 Å². The second-order valence-corrected chi connectivity index (χ2v) is 3.67. The number of rotatable bonds is 6. The number of alkyl halides is 3. The van der Waals surface area contributed by atoms with Gasteiger partial charge in [-0.25, -0.2) is 4.79 Å². The molecule has 1 rings (SSSR count). The summed E-state index contributed by atoms with van der Waals surface area (Å²) in [6.45, 7) is -1.65. The number of aliphatic hydroxyl groups is 1. The zero-order chi connectivity index (χ0) is 14.5. The first-order chi connectivity index (χ1) is 8.83. The van der Waals surface area contributed by atoms with E-state index in [9.17, 15) is 23.1 Å². The molecule has 0 saturated carbocycles. The predicted octanol–water partition coefficient (Wildman–Crippen LogP) is 2.07.